The van der Waals surface area contributed by atoms with Crippen LogP contribution in [-0.2, 0) is 86.4 Å². The number of carboxylic acid groups (broad SMARTS) is 2. The molecule has 0 aliphatic heterocycles. The summed E-state index contributed by atoms with van der Waals surface area (Å²) in [5.74, 6) is -16.9. The van der Waals surface area contributed by atoms with Gasteiger partial charge in [-0.2, -0.15) is 0 Å². The van der Waals surface area contributed by atoms with Crippen molar-refractivity contribution in [1.82, 2.24) is 83.7 Å². The summed E-state index contributed by atoms with van der Waals surface area (Å²) in [5, 5.41) is 70.5. The number of aliphatic hydroxyl groups is 2. The summed E-state index contributed by atoms with van der Waals surface area (Å²) < 4.78 is 0. The number of nitrogens with zero attached hydrogens (tertiary/aromatic N) is 3. The molecule has 38 heteroatoms. The first-order valence-corrected chi connectivity index (χ1v) is 36.1. The van der Waals surface area contributed by atoms with E-state index < -0.39 is 211 Å². The Kier molecular flexibility index (Phi) is 39.4. The molecule has 0 fully saturated rings. The van der Waals surface area contributed by atoms with E-state index in [4.69, 9.17) is 17.2 Å². The lowest BCUT2D eigenvalue weighted by Crippen LogP contribution is -2.62. The Hall–Kier alpha value is -10.6. The zero-order chi connectivity index (χ0) is 81.1. The van der Waals surface area contributed by atoms with Crippen molar-refractivity contribution in [3.63, 3.8) is 0 Å². The van der Waals surface area contributed by atoms with Crippen LogP contribution in [-0.4, -0.2) is 227 Å². The van der Waals surface area contributed by atoms with Crippen molar-refractivity contribution < 1.29 is 87.5 Å². The van der Waals surface area contributed by atoms with E-state index in [2.05, 4.69) is 88.7 Å². The van der Waals surface area contributed by atoms with Gasteiger partial charge >= 0.3 is 11.9 Å². The lowest BCUT2D eigenvalue weighted by molar-refractivity contribution is -0.143. The quantitative estimate of drug-likeness (QED) is 0.0146. The largest absolute Gasteiger partial charge is 0.481 e. The molecule has 3 aromatic rings. The van der Waals surface area contributed by atoms with Crippen LogP contribution < -0.4 is 81.0 Å². The fourth-order valence-electron chi connectivity index (χ4n) is 10.9. The normalized spacial score (nSPS) is 15.7. The van der Waals surface area contributed by atoms with E-state index in [9.17, 15) is 87.5 Å². The standard InChI is InChI=1S/C70H112N20O18/c1-12-37(8)54(89-58(96)44(71)26-41-19-16-15-17-20-41)67(105)86-51(32-92)63(101)80-45(22-23-52(93)94)59(97)79-40(11)57(95)88-56(39(10)14-3)68(106)90-55(38(9)13-2)66(104)84-49(28-43-30-75-34-78-43)62(100)87-53(36(6)7)65(103)83-47(25-35(4)5)60(98)82-48(27-42-29-74-33-77-42)61(99)85-50(31-91)64(102)81-46(69(107)108)21-18-24-76-70(72)73/h15-17,19-20,29-30,33-40,44-51,53-56,91-92H,12-14,18,21-28,31-32,71H2,1-11H3,(H,74,77)(H,75,78)(H,79,97)(H,80,101)(H,81,102)(H,82,98)(H,83,103)(H,84,104)(H,85,99)(H,86,105)(H,87,100)(H,88,95)(H,89,96)(H,90,106)(H,93,94)(H,107,108)(H4,72,73,76)/t37-,38-,39-,40-,44-,45-,46-,47-,48-,49-,50-,51-,53-,54-,55-,56-/m0/s1. The number of hydrogen-bond donors (Lipinski definition) is 21. The Morgan fingerprint density at radius 2 is 0.843 bits per heavy atom. The van der Waals surface area contributed by atoms with Crippen molar-refractivity contribution in [1.29, 1.82) is 0 Å². The number of carbonyl (C=O) groups is 14. The smallest absolute Gasteiger partial charge is 0.326 e. The predicted octanol–water partition coefficient (Wildman–Crippen LogP) is -3.85. The molecule has 12 amide bonds. The summed E-state index contributed by atoms with van der Waals surface area (Å²) in [4.78, 5) is 210. The highest BCUT2D eigenvalue weighted by Crippen LogP contribution is 2.17. The zero-order valence-corrected chi connectivity index (χ0v) is 63.1. The van der Waals surface area contributed by atoms with Gasteiger partial charge in [0, 0.05) is 49.6 Å². The Morgan fingerprint density at radius 1 is 0.454 bits per heavy atom. The number of carbonyl (C=O) groups excluding carboxylic acids is 12. The SMILES string of the molecule is CC[C@H](C)[C@H](NC(=O)[C@H](C)NC(=O)[C@H](CCC(=O)O)NC(=O)[C@H](CO)NC(=O)[C@@H](NC(=O)[C@@H](N)Cc1ccccc1)[C@@H](C)CC)C(=O)N[C@H](C(=O)N[C@@H](Cc1cnc[nH]1)C(=O)N[C@H](C(=O)N[C@@H](CC(C)C)C(=O)N[C@@H](Cc1cnc[nH]1)C(=O)N[C@@H](CO)C(=O)N[C@@H](CCCN=C(N)N)C(=O)O)C(C)C)[C@@H](C)CC. The van der Waals surface area contributed by atoms with Crippen LogP contribution in [0.4, 0.5) is 0 Å². The van der Waals surface area contributed by atoms with E-state index in [1.807, 2.05) is 0 Å². The van der Waals surface area contributed by atoms with Gasteiger partial charge in [-0.3, -0.25) is 67.3 Å². The number of nitrogens with one attached hydrogen (secondary N) is 14. The van der Waals surface area contributed by atoms with Crippen molar-refractivity contribution >= 4 is 88.8 Å². The summed E-state index contributed by atoms with van der Waals surface area (Å²) in [5.41, 5.74) is 18.3. The first-order chi connectivity index (χ1) is 51.0. The third-order valence-corrected chi connectivity index (χ3v) is 18.0. The molecule has 1 aromatic carbocycles. The maximum absolute atomic E-state index is 14.7. The summed E-state index contributed by atoms with van der Waals surface area (Å²) in [6, 6.07) is -10.1. The zero-order valence-electron chi connectivity index (χ0n) is 63.1. The average Bonchev–Trinajstić information content (AvgIpc) is 0.990. The first-order valence-electron chi connectivity index (χ1n) is 36.1. The second kappa shape index (κ2) is 46.4. The highest BCUT2D eigenvalue weighted by molar-refractivity contribution is 6.00. The molecule has 2 aromatic heterocycles. The third kappa shape index (κ3) is 31.1. The number of rotatable bonds is 49. The van der Waals surface area contributed by atoms with Crippen LogP contribution in [0.2, 0.25) is 0 Å². The highest BCUT2D eigenvalue weighted by Gasteiger charge is 2.40. The molecule has 0 bridgehead atoms. The molecule has 3 rings (SSSR count). The topological polar surface area (TPSA) is 612 Å². The molecule has 24 N–H and O–H groups in total. The van der Waals surface area contributed by atoms with Crippen molar-refractivity contribution in [2.45, 2.75) is 225 Å². The molecule has 0 spiro atoms. The minimum absolute atomic E-state index is 0.0250. The number of amides is 12. The molecule has 0 aliphatic rings. The third-order valence-electron chi connectivity index (χ3n) is 18.0. The number of aliphatic carboxylic acids is 2. The fraction of sp³-hybridized carbons (Fsp3) is 0.614. The summed E-state index contributed by atoms with van der Waals surface area (Å²) in [6.07, 6.45) is 4.73. The van der Waals surface area contributed by atoms with E-state index in [-0.39, 0.29) is 69.8 Å². The van der Waals surface area contributed by atoms with Gasteiger partial charge in [0.15, 0.2) is 5.96 Å². The number of H-pyrrole nitrogens is 2. The second-order valence-electron chi connectivity index (χ2n) is 27.6. The molecule has 0 unspecified atom stereocenters. The number of guanidine groups is 1. The number of nitrogens with two attached hydrogens (primary N) is 3. The van der Waals surface area contributed by atoms with Gasteiger partial charge in [-0.25, -0.2) is 14.8 Å². The van der Waals surface area contributed by atoms with Gasteiger partial charge in [-0.05, 0) is 74.2 Å². The fourth-order valence-corrected chi connectivity index (χ4v) is 10.9. The minimum Gasteiger partial charge on any atom is -0.481 e. The molecule has 2 heterocycles. The molecule has 0 aliphatic carbocycles. The van der Waals surface area contributed by atoms with E-state index in [0.717, 1.165) is 5.56 Å². The average molecular weight is 1520 g/mol. The van der Waals surface area contributed by atoms with Gasteiger partial charge in [0.05, 0.1) is 31.9 Å². The molecule has 16 atom stereocenters. The van der Waals surface area contributed by atoms with Crippen LogP contribution in [0.5, 0.6) is 0 Å². The lowest BCUT2D eigenvalue weighted by atomic mass is 9.94. The number of benzene rings is 1. The number of imidazole rings is 2. The molecule has 108 heavy (non-hydrogen) atoms. The van der Waals surface area contributed by atoms with Gasteiger partial charge in [0.25, 0.3) is 0 Å². The summed E-state index contributed by atoms with van der Waals surface area (Å²) >= 11 is 0. The van der Waals surface area contributed by atoms with Crippen molar-refractivity contribution in [2.24, 2.45) is 51.8 Å². The van der Waals surface area contributed by atoms with Crippen LogP contribution in [0.15, 0.2) is 60.4 Å². The number of aliphatic imine (C=N–C) groups is 1. The van der Waals surface area contributed by atoms with Crippen molar-refractivity contribution in [3.8, 4) is 0 Å². The van der Waals surface area contributed by atoms with Crippen molar-refractivity contribution in [3.05, 3.63) is 72.3 Å². The minimum atomic E-state index is -1.73. The monoisotopic (exact) mass is 1520 g/mol. The van der Waals surface area contributed by atoms with Gasteiger partial charge in [0.1, 0.15) is 72.5 Å². The van der Waals surface area contributed by atoms with E-state index in [1.54, 1.807) is 99.6 Å². The van der Waals surface area contributed by atoms with Gasteiger partial charge in [-0.15, -0.1) is 0 Å². The van der Waals surface area contributed by atoms with Crippen molar-refractivity contribution in [2.75, 3.05) is 19.8 Å². The maximum Gasteiger partial charge on any atom is 0.326 e. The highest BCUT2D eigenvalue weighted by atomic mass is 16.4. The van der Waals surface area contributed by atoms with Crippen LogP contribution >= 0.6 is 0 Å². The maximum atomic E-state index is 14.7. The van der Waals surface area contributed by atoms with Crippen LogP contribution in [0.3, 0.4) is 0 Å². The van der Waals surface area contributed by atoms with E-state index in [0.29, 0.717) is 17.8 Å². The van der Waals surface area contributed by atoms with Crippen LogP contribution in [0, 0.1) is 29.6 Å². The van der Waals surface area contributed by atoms with Crippen LogP contribution in [0.25, 0.3) is 0 Å². The van der Waals surface area contributed by atoms with E-state index in [1.165, 1.54) is 32.0 Å². The molecule has 600 valence electrons. The first kappa shape index (κ1) is 91.6. The Bertz CT molecular complexity index is 3470. The number of aromatic amines is 2. The molecular formula is C70H112N20O18. The lowest BCUT2D eigenvalue weighted by Gasteiger charge is -2.31. The number of carboxylic acids is 2. The Morgan fingerprint density at radius 3 is 1.29 bits per heavy atom. The van der Waals surface area contributed by atoms with Gasteiger partial charge in [-0.1, -0.05) is 119 Å². The number of aromatic nitrogens is 4. The number of hydrogen-bond acceptors (Lipinski definition) is 20. The Labute approximate surface area is 627 Å². The molecule has 0 saturated carbocycles. The molecule has 0 saturated heterocycles. The van der Waals surface area contributed by atoms with Gasteiger partial charge in [0.2, 0.25) is 70.9 Å². The number of aliphatic hydroxyl groups excluding tert-OH is 2. The van der Waals surface area contributed by atoms with E-state index >= 15 is 0 Å². The van der Waals surface area contributed by atoms with Crippen LogP contribution in [0.1, 0.15) is 144 Å². The molecular weight excluding hydrogens is 1410 g/mol. The summed E-state index contributed by atoms with van der Waals surface area (Å²) in [7, 11) is 0. The molecule has 38 nitrogen and oxygen atoms in total. The molecule has 0 radical (unpaired) electrons. The summed E-state index contributed by atoms with van der Waals surface area (Å²) in [6.45, 7) is 16.1. The Balaban J connectivity index is 1.85. The second-order valence-corrected chi connectivity index (χ2v) is 27.6. The predicted molar refractivity (Wildman–Crippen MR) is 393 cm³/mol. The van der Waals surface area contributed by atoms with Gasteiger partial charge < -0.3 is 111 Å².